The van der Waals surface area contributed by atoms with E-state index in [1.54, 1.807) is 6.07 Å². The molecule has 2 aromatic rings. The average Bonchev–Trinajstić information content (AvgIpc) is 2.82. The van der Waals surface area contributed by atoms with Crippen LogP contribution < -0.4 is 5.32 Å². The van der Waals surface area contributed by atoms with Crippen molar-refractivity contribution in [3.63, 3.8) is 0 Å². The maximum absolute atomic E-state index is 10.6. The van der Waals surface area contributed by atoms with Crippen LogP contribution in [-0.2, 0) is 6.54 Å². The predicted molar refractivity (Wildman–Crippen MR) is 80.1 cm³/mol. The third kappa shape index (κ3) is 2.43. The second-order valence-electron chi connectivity index (χ2n) is 4.67. The summed E-state index contributed by atoms with van der Waals surface area (Å²) in [5, 5.41) is 14.5. The molecule has 0 aliphatic carbocycles. The van der Waals surface area contributed by atoms with Crippen LogP contribution in [0.25, 0.3) is 0 Å². The van der Waals surface area contributed by atoms with Crippen LogP contribution in [0.2, 0.25) is 5.02 Å². The number of aliphatic hydroxyl groups is 1. The summed E-state index contributed by atoms with van der Waals surface area (Å²) >= 11 is 9.59. The number of fused-ring (bicyclic) bond motifs is 1. The summed E-state index contributed by atoms with van der Waals surface area (Å²) in [5.74, 6) is 0. The molecule has 3 rings (SSSR count). The van der Waals surface area contributed by atoms with Crippen LogP contribution in [0, 0.1) is 0 Å². The van der Waals surface area contributed by atoms with Crippen molar-refractivity contribution < 1.29 is 5.11 Å². The Kier molecular flexibility index (Phi) is 3.63. The highest BCUT2D eigenvalue weighted by Crippen LogP contribution is 2.38. The van der Waals surface area contributed by atoms with E-state index >= 15 is 0 Å². The van der Waals surface area contributed by atoms with Crippen molar-refractivity contribution in [1.82, 2.24) is 5.32 Å². The van der Waals surface area contributed by atoms with Gasteiger partial charge in [0.1, 0.15) is 0 Å². The topological polar surface area (TPSA) is 32.3 Å². The normalized spacial score (nSPS) is 19.2. The molecule has 1 aliphatic heterocycles. The molecule has 98 valence electrons. The lowest BCUT2D eigenvalue weighted by molar-refractivity contribution is 0.134. The van der Waals surface area contributed by atoms with Crippen LogP contribution >= 0.6 is 27.5 Å². The quantitative estimate of drug-likeness (QED) is 0.868. The van der Waals surface area contributed by atoms with Crippen LogP contribution in [0.1, 0.15) is 28.8 Å². The van der Waals surface area contributed by atoms with Gasteiger partial charge in [0.2, 0.25) is 0 Å². The van der Waals surface area contributed by atoms with Gasteiger partial charge in [0.15, 0.2) is 0 Å². The molecule has 0 aromatic heterocycles. The first-order valence-corrected chi connectivity index (χ1v) is 7.28. The van der Waals surface area contributed by atoms with Crippen LogP contribution in [-0.4, -0.2) is 5.11 Å². The molecular weight excluding hydrogens is 326 g/mol. The maximum Gasteiger partial charge on any atom is 0.0999 e. The summed E-state index contributed by atoms with van der Waals surface area (Å²) in [6.45, 7) is 0.784. The van der Waals surface area contributed by atoms with Gasteiger partial charge < -0.3 is 10.4 Å². The molecule has 2 nitrogen and oxygen atoms in total. The zero-order valence-corrected chi connectivity index (χ0v) is 12.4. The number of rotatable bonds is 2. The van der Waals surface area contributed by atoms with Gasteiger partial charge in [-0.3, -0.25) is 0 Å². The number of nitrogens with one attached hydrogen (secondary N) is 1. The van der Waals surface area contributed by atoms with Crippen molar-refractivity contribution in [3.8, 4) is 0 Å². The molecular formula is C15H13BrClNO. The highest BCUT2D eigenvalue weighted by Gasteiger charge is 2.29. The monoisotopic (exact) mass is 337 g/mol. The molecule has 2 N–H and O–H groups in total. The minimum absolute atomic E-state index is 0.102. The first-order valence-electron chi connectivity index (χ1n) is 6.11. The molecule has 2 aromatic carbocycles. The van der Waals surface area contributed by atoms with E-state index in [0.29, 0.717) is 5.02 Å². The smallest absolute Gasteiger partial charge is 0.0999 e. The highest BCUT2D eigenvalue weighted by atomic mass is 79.9. The minimum atomic E-state index is -0.649. The molecule has 4 heteroatoms. The molecule has 0 bridgehead atoms. The van der Waals surface area contributed by atoms with Gasteiger partial charge >= 0.3 is 0 Å². The van der Waals surface area contributed by atoms with Crippen molar-refractivity contribution in [2.24, 2.45) is 0 Å². The molecule has 2 atom stereocenters. The van der Waals surface area contributed by atoms with Gasteiger partial charge in [-0.1, -0.05) is 57.9 Å². The Hall–Kier alpha value is -0.870. The molecule has 0 fully saturated rings. The van der Waals surface area contributed by atoms with Crippen molar-refractivity contribution in [1.29, 1.82) is 0 Å². The fourth-order valence-electron chi connectivity index (χ4n) is 2.53. The summed E-state index contributed by atoms with van der Waals surface area (Å²) in [5.41, 5.74) is 3.13. The van der Waals surface area contributed by atoms with E-state index in [9.17, 15) is 5.11 Å². The summed E-state index contributed by atoms with van der Waals surface area (Å²) in [4.78, 5) is 0. The Bertz CT molecular complexity index is 617. The maximum atomic E-state index is 10.6. The molecule has 0 saturated heterocycles. The number of benzene rings is 2. The van der Waals surface area contributed by atoms with Crippen LogP contribution in [0.5, 0.6) is 0 Å². The van der Waals surface area contributed by atoms with Crippen LogP contribution in [0.3, 0.4) is 0 Å². The number of aliphatic hydroxyl groups excluding tert-OH is 1. The van der Waals surface area contributed by atoms with Gasteiger partial charge in [-0.2, -0.15) is 0 Å². The van der Waals surface area contributed by atoms with Gasteiger partial charge in [-0.05, 0) is 23.3 Å². The third-order valence-corrected chi connectivity index (χ3v) is 4.32. The Labute approximate surface area is 125 Å². The molecule has 0 saturated carbocycles. The number of hydrogen-bond acceptors (Lipinski definition) is 2. The Balaban J connectivity index is 1.95. The van der Waals surface area contributed by atoms with Crippen molar-refractivity contribution in [2.75, 3.05) is 0 Å². The zero-order chi connectivity index (χ0) is 13.4. The fraction of sp³-hybridized carbons (Fsp3) is 0.200. The second-order valence-corrected chi connectivity index (χ2v) is 5.99. The fourth-order valence-corrected chi connectivity index (χ4v) is 3.32. The molecule has 0 spiro atoms. The molecule has 1 aliphatic rings. The van der Waals surface area contributed by atoms with Gasteiger partial charge in [0.05, 0.1) is 12.1 Å². The van der Waals surface area contributed by atoms with Crippen molar-refractivity contribution in [2.45, 2.75) is 18.7 Å². The lowest BCUT2D eigenvalue weighted by atomic mass is 9.96. The van der Waals surface area contributed by atoms with Gasteiger partial charge in [-0.15, -0.1) is 0 Å². The van der Waals surface area contributed by atoms with E-state index in [4.69, 9.17) is 11.6 Å². The third-order valence-electron chi connectivity index (χ3n) is 3.50. The van der Waals surface area contributed by atoms with E-state index in [1.165, 1.54) is 5.56 Å². The van der Waals surface area contributed by atoms with E-state index < -0.39 is 6.10 Å². The SMILES string of the molecule is OC(c1ccc(Br)cc1Cl)C1NCc2ccccc21. The highest BCUT2D eigenvalue weighted by molar-refractivity contribution is 9.10. The zero-order valence-electron chi connectivity index (χ0n) is 10.1. The first-order chi connectivity index (χ1) is 9.16. The van der Waals surface area contributed by atoms with Gasteiger partial charge in [0.25, 0.3) is 0 Å². The molecule has 19 heavy (non-hydrogen) atoms. The molecule has 0 amide bonds. The average molecular weight is 339 g/mol. The lowest BCUT2D eigenvalue weighted by Gasteiger charge is -2.21. The lowest BCUT2D eigenvalue weighted by Crippen LogP contribution is -2.20. The first kappa shape index (κ1) is 13.1. The van der Waals surface area contributed by atoms with Gasteiger partial charge in [-0.25, -0.2) is 0 Å². The predicted octanol–water partition coefficient (Wildman–Crippen LogP) is 3.98. The van der Waals surface area contributed by atoms with Crippen molar-refractivity contribution in [3.05, 3.63) is 68.7 Å². The minimum Gasteiger partial charge on any atom is -0.386 e. The number of halogens is 2. The summed E-state index contributed by atoms with van der Waals surface area (Å²) in [6, 6.07) is 13.6. The Morgan fingerprint density at radius 1 is 1.26 bits per heavy atom. The van der Waals surface area contributed by atoms with E-state index in [2.05, 4.69) is 33.4 Å². The molecule has 2 unspecified atom stereocenters. The van der Waals surface area contributed by atoms with E-state index in [-0.39, 0.29) is 6.04 Å². The standard InChI is InChI=1S/C15H13BrClNO/c16-10-5-6-12(13(17)7-10)15(19)14-11-4-2-1-3-9(11)8-18-14/h1-7,14-15,18-19H,8H2. The van der Waals surface area contributed by atoms with Crippen LogP contribution in [0.4, 0.5) is 0 Å². The summed E-state index contributed by atoms with van der Waals surface area (Å²) in [6.07, 6.45) is -0.649. The molecule has 0 radical (unpaired) electrons. The van der Waals surface area contributed by atoms with E-state index in [0.717, 1.165) is 22.1 Å². The summed E-state index contributed by atoms with van der Waals surface area (Å²) in [7, 11) is 0. The second kappa shape index (κ2) is 5.25. The number of hydrogen-bond donors (Lipinski definition) is 2. The van der Waals surface area contributed by atoms with Crippen molar-refractivity contribution >= 4 is 27.5 Å². The van der Waals surface area contributed by atoms with E-state index in [1.807, 2.05) is 24.3 Å². The Morgan fingerprint density at radius 3 is 2.84 bits per heavy atom. The van der Waals surface area contributed by atoms with Crippen LogP contribution in [0.15, 0.2) is 46.9 Å². The largest absolute Gasteiger partial charge is 0.386 e. The van der Waals surface area contributed by atoms with Gasteiger partial charge in [0, 0.05) is 21.6 Å². The molecule has 1 heterocycles. The Morgan fingerprint density at radius 2 is 2.05 bits per heavy atom. The summed E-state index contributed by atoms with van der Waals surface area (Å²) < 4.78 is 0.910.